The molecule has 0 amide bonds. The molecule has 0 aromatic carbocycles. The van der Waals surface area contributed by atoms with E-state index in [1.54, 1.807) is 7.05 Å². The van der Waals surface area contributed by atoms with Crippen LogP contribution < -0.4 is 22.1 Å². The SMILES string of the molecule is CN/C(=N\[N+](=O)[O-])NCCCCc1csc(N=C(N)N)n1. The van der Waals surface area contributed by atoms with Crippen LogP contribution in [-0.2, 0) is 6.42 Å². The molecular weight excluding hydrogens is 296 g/mol. The van der Waals surface area contributed by atoms with Gasteiger partial charge in [0.25, 0.3) is 5.96 Å². The van der Waals surface area contributed by atoms with Crippen LogP contribution in [0.15, 0.2) is 15.5 Å². The van der Waals surface area contributed by atoms with E-state index >= 15 is 0 Å². The number of hydrogen-bond donors (Lipinski definition) is 4. The van der Waals surface area contributed by atoms with Crippen LogP contribution >= 0.6 is 11.3 Å². The Balaban J connectivity index is 2.27. The zero-order valence-electron chi connectivity index (χ0n) is 11.6. The minimum Gasteiger partial charge on any atom is -0.370 e. The van der Waals surface area contributed by atoms with Crippen molar-refractivity contribution in [3.63, 3.8) is 0 Å². The Hall–Kier alpha value is -2.43. The summed E-state index contributed by atoms with van der Waals surface area (Å²) in [5, 5.41) is 20.5. The Morgan fingerprint density at radius 3 is 2.90 bits per heavy atom. The highest BCUT2D eigenvalue weighted by Gasteiger charge is 2.03. The quantitative estimate of drug-likeness (QED) is 0.177. The van der Waals surface area contributed by atoms with E-state index in [0.717, 1.165) is 25.0 Å². The van der Waals surface area contributed by atoms with Gasteiger partial charge in [-0.3, -0.25) is 0 Å². The van der Waals surface area contributed by atoms with Crippen LogP contribution in [0.4, 0.5) is 5.13 Å². The molecule has 0 fully saturated rings. The van der Waals surface area contributed by atoms with E-state index in [9.17, 15) is 10.1 Å². The molecule has 0 aliphatic carbocycles. The predicted molar refractivity (Wildman–Crippen MR) is 82.0 cm³/mol. The molecule has 0 aliphatic rings. The molecule has 1 aromatic rings. The van der Waals surface area contributed by atoms with E-state index in [1.165, 1.54) is 11.3 Å². The maximum absolute atomic E-state index is 10.2. The van der Waals surface area contributed by atoms with E-state index in [4.69, 9.17) is 11.5 Å². The third-order valence-electron chi connectivity index (χ3n) is 2.33. The lowest BCUT2D eigenvalue weighted by atomic mass is 10.2. The van der Waals surface area contributed by atoms with Crippen molar-refractivity contribution in [1.29, 1.82) is 0 Å². The van der Waals surface area contributed by atoms with Gasteiger partial charge < -0.3 is 22.1 Å². The lowest BCUT2D eigenvalue weighted by molar-refractivity contribution is -0.485. The van der Waals surface area contributed by atoms with Crippen molar-refractivity contribution in [2.24, 2.45) is 21.6 Å². The molecule has 10 nitrogen and oxygen atoms in total. The number of rotatable bonds is 7. The molecule has 116 valence electrons. The lowest BCUT2D eigenvalue weighted by Gasteiger charge is -2.05. The van der Waals surface area contributed by atoms with Crippen LogP contribution in [0.5, 0.6) is 0 Å². The van der Waals surface area contributed by atoms with Crippen LogP contribution in [-0.4, -0.2) is 35.5 Å². The molecule has 6 N–H and O–H groups in total. The normalized spacial score (nSPS) is 11.0. The largest absolute Gasteiger partial charge is 0.370 e. The van der Waals surface area contributed by atoms with Gasteiger partial charge in [-0.05, 0) is 19.3 Å². The Labute approximate surface area is 125 Å². The molecule has 1 rings (SSSR count). The highest BCUT2D eigenvalue weighted by atomic mass is 32.1. The second-order valence-electron chi connectivity index (χ2n) is 3.98. The van der Waals surface area contributed by atoms with Gasteiger partial charge in [-0.25, -0.2) is 15.1 Å². The monoisotopic (exact) mass is 314 g/mol. The van der Waals surface area contributed by atoms with Gasteiger partial charge in [-0.1, -0.05) is 0 Å². The second kappa shape index (κ2) is 8.68. The van der Waals surface area contributed by atoms with Gasteiger partial charge in [0, 0.05) is 19.0 Å². The molecular formula is C10H18N8O2S. The fourth-order valence-corrected chi connectivity index (χ4v) is 2.21. The van der Waals surface area contributed by atoms with Crippen molar-refractivity contribution in [3.8, 4) is 0 Å². The second-order valence-corrected chi connectivity index (χ2v) is 4.81. The number of hydrazone groups is 1. The van der Waals surface area contributed by atoms with Crippen molar-refractivity contribution < 1.29 is 5.03 Å². The molecule has 11 heteroatoms. The molecule has 0 saturated carbocycles. The maximum atomic E-state index is 10.2. The number of nitrogens with two attached hydrogens (primary N) is 2. The zero-order valence-corrected chi connectivity index (χ0v) is 12.4. The first kappa shape index (κ1) is 16.6. The molecule has 1 aromatic heterocycles. The number of nitrogens with zero attached hydrogens (tertiary/aromatic N) is 4. The summed E-state index contributed by atoms with van der Waals surface area (Å²) in [4.78, 5) is 18.4. The first-order chi connectivity index (χ1) is 10.0. The molecule has 0 radical (unpaired) electrons. The van der Waals surface area contributed by atoms with E-state index in [2.05, 4.69) is 25.7 Å². The number of aryl methyl sites for hydroxylation is 1. The topological polar surface area (TPSA) is 157 Å². The van der Waals surface area contributed by atoms with Gasteiger partial charge in [0.1, 0.15) is 5.10 Å². The summed E-state index contributed by atoms with van der Waals surface area (Å²) in [6, 6.07) is 0. The summed E-state index contributed by atoms with van der Waals surface area (Å²) >= 11 is 1.38. The lowest BCUT2D eigenvalue weighted by Crippen LogP contribution is -2.36. The molecule has 0 bridgehead atoms. The van der Waals surface area contributed by atoms with Gasteiger partial charge in [-0.2, -0.15) is 4.99 Å². The molecule has 0 spiro atoms. The molecule has 21 heavy (non-hydrogen) atoms. The number of guanidine groups is 2. The number of aliphatic imine (C=N–C) groups is 1. The number of nitro groups is 1. The third kappa shape index (κ3) is 7.06. The Bertz CT molecular complexity index is 523. The minimum atomic E-state index is -0.751. The van der Waals surface area contributed by atoms with Crippen LogP contribution in [0.2, 0.25) is 0 Å². The molecule has 0 saturated heterocycles. The van der Waals surface area contributed by atoms with Crippen molar-refractivity contribution in [1.82, 2.24) is 15.6 Å². The van der Waals surface area contributed by atoms with Gasteiger partial charge in [-0.15, -0.1) is 11.3 Å². The number of nitrogens with one attached hydrogen (secondary N) is 2. The smallest absolute Gasteiger partial charge is 0.268 e. The van der Waals surface area contributed by atoms with Crippen LogP contribution in [0, 0.1) is 10.1 Å². The Kier molecular flexibility index (Phi) is 6.87. The third-order valence-corrected chi connectivity index (χ3v) is 3.12. The number of aromatic nitrogens is 1. The Morgan fingerprint density at radius 1 is 1.52 bits per heavy atom. The fraction of sp³-hybridized carbons (Fsp3) is 0.500. The van der Waals surface area contributed by atoms with Crippen LogP contribution in [0.3, 0.4) is 0 Å². The molecule has 0 atom stereocenters. The molecule has 0 unspecified atom stereocenters. The van der Waals surface area contributed by atoms with Crippen molar-refractivity contribution in [3.05, 3.63) is 21.2 Å². The summed E-state index contributed by atoms with van der Waals surface area (Å²) < 4.78 is 0. The first-order valence-electron chi connectivity index (χ1n) is 6.20. The zero-order chi connectivity index (χ0) is 15.7. The van der Waals surface area contributed by atoms with Gasteiger partial charge in [0.15, 0.2) is 11.0 Å². The number of unbranched alkanes of at least 4 members (excludes halogenated alkanes) is 1. The standard InChI is InChI=1S/C10H18N8O2S/c1-13-9(17-18(19)20)14-5-3-2-4-7-6-21-10(15-7)16-8(11)12/h6H,2-5H2,1H3,(H2,13,14,17)(H4,11,12,15,16). The first-order valence-corrected chi connectivity index (χ1v) is 7.08. The van der Waals surface area contributed by atoms with Gasteiger partial charge in [0.2, 0.25) is 5.13 Å². The minimum absolute atomic E-state index is 0.00947. The van der Waals surface area contributed by atoms with E-state index in [0.29, 0.717) is 11.7 Å². The van der Waals surface area contributed by atoms with Crippen molar-refractivity contribution in [2.45, 2.75) is 19.3 Å². The fourth-order valence-electron chi connectivity index (χ4n) is 1.47. The number of thiazole rings is 1. The summed E-state index contributed by atoms with van der Waals surface area (Å²) in [7, 11) is 1.57. The van der Waals surface area contributed by atoms with Crippen molar-refractivity contribution >= 4 is 28.4 Å². The van der Waals surface area contributed by atoms with Gasteiger partial charge >= 0.3 is 0 Å². The maximum Gasteiger partial charge on any atom is 0.268 e. The highest BCUT2D eigenvalue weighted by Crippen LogP contribution is 2.19. The van der Waals surface area contributed by atoms with Crippen molar-refractivity contribution in [2.75, 3.05) is 13.6 Å². The summed E-state index contributed by atoms with van der Waals surface area (Å²) in [5.74, 6) is 0.133. The van der Waals surface area contributed by atoms with Crippen LogP contribution in [0.1, 0.15) is 18.5 Å². The summed E-state index contributed by atoms with van der Waals surface area (Å²) in [6.45, 7) is 0.582. The number of hydrogen-bond acceptors (Lipinski definition) is 5. The predicted octanol–water partition coefficient (Wildman–Crippen LogP) is -0.273. The summed E-state index contributed by atoms with van der Waals surface area (Å²) in [5.41, 5.74) is 11.5. The average Bonchev–Trinajstić information content (AvgIpc) is 2.83. The summed E-state index contributed by atoms with van der Waals surface area (Å²) in [6.07, 6.45) is 2.50. The molecule has 0 aliphatic heterocycles. The van der Waals surface area contributed by atoms with E-state index < -0.39 is 5.03 Å². The Morgan fingerprint density at radius 2 is 2.29 bits per heavy atom. The highest BCUT2D eigenvalue weighted by molar-refractivity contribution is 7.13. The molecule has 1 heterocycles. The average molecular weight is 314 g/mol. The van der Waals surface area contributed by atoms with E-state index in [1.807, 2.05) is 5.38 Å². The van der Waals surface area contributed by atoms with E-state index in [-0.39, 0.29) is 11.9 Å². The van der Waals surface area contributed by atoms with Gasteiger partial charge in [0.05, 0.1) is 5.69 Å². The van der Waals surface area contributed by atoms with Crippen LogP contribution in [0.25, 0.3) is 0 Å².